The van der Waals surface area contributed by atoms with Gasteiger partial charge in [0.15, 0.2) is 0 Å². The molecule has 0 aliphatic rings. The summed E-state index contributed by atoms with van der Waals surface area (Å²) >= 11 is 0. The standard InChI is InChI=1S/C8H11N3O4/c1-2-6(12)15-4-3-11-5-9-10-7(13)8(11)14/h5H,2-4H2,1H3,(H,10,13). The molecule has 0 unspecified atom stereocenters. The van der Waals surface area contributed by atoms with E-state index in [1.54, 1.807) is 6.92 Å². The summed E-state index contributed by atoms with van der Waals surface area (Å²) in [6.07, 6.45) is 1.46. The smallest absolute Gasteiger partial charge is 0.330 e. The Morgan fingerprint density at radius 2 is 2.33 bits per heavy atom. The quantitative estimate of drug-likeness (QED) is 0.505. The van der Waals surface area contributed by atoms with Gasteiger partial charge >= 0.3 is 17.1 Å². The number of hydrogen-bond donors (Lipinski definition) is 1. The fraction of sp³-hybridized carbons (Fsp3) is 0.500. The molecule has 1 heterocycles. The van der Waals surface area contributed by atoms with E-state index in [0.29, 0.717) is 0 Å². The summed E-state index contributed by atoms with van der Waals surface area (Å²) in [5.74, 6) is -0.346. The van der Waals surface area contributed by atoms with Crippen LogP contribution in [-0.2, 0) is 16.1 Å². The van der Waals surface area contributed by atoms with Crippen molar-refractivity contribution in [3.05, 3.63) is 27.0 Å². The Hall–Kier alpha value is -1.92. The van der Waals surface area contributed by atoms with Gasteiger partial charge in [0.25, 0.3) is 0 Å². The van der Waals surface area contributed by atoms with Gasteiger partial charge in [-0.1, -0.05) is 6.92 Å². The van der Waals surface area contributed by atoms with Gasteiger partial charge in [0, 0.05) is 6.42 Å². The number of carbonyl (C=O) groups excluding carboxylic acids is 1. The number of aromatic amines is 1. The highest BCUT2D eigenvalue weighted by molar-refractivity contribution is 5.68. The van der Waals surface area contributed by atoms with E-state index in [4.69, 9.17) is 4.74 Å². The average molecular weight is 213 g/mol. The molecule has 0 fully saturated rings. The third-order valence-corrected chi connectivity index (χ3v) is 1.70. The van der Waals surface area contributed by atoms with Gasteiger partial charge in [0.2, 0.25) is 0 Å². The van der Waals surface area contributed by atoms with Gasteiger partial charge in [0.1, 0.15) is 12.9 Å². The second-order valence-corrected chi connectivity index (χ2v) is 2.76. The number of H-pyrrole nitrogens is 1. The molecular formula is C8H11N3O4. The molecule has 0 radical (unpaired) electrons. The molecule has 1 N–H and O–H groups in total. The van der Waals surface area contributed by atoms with Gasteiger partial charge in [-0.2, -0.15) is 5.10 Å². The van der Waals surface area contributed by atoms with Crippen molar-refractivity contribution in [1.29, 1.82) is 0 Å². The van der Waals surface area contributed by atoms with E-state index in [1.165, 1.54) is 6.33 Å². The number of aromatic nitrogens is 3. The van der Waals surface area contributed by atoms with Crippen LogP contribution in [0.15, 0.2) is 15.9 Å². The number of nitrogens with zero attached hydrogens (tertiary/aromatic N) is 2. The minimum Gasteiger partial charge on any atom is -0.464 e. The van der Waals surface area contributed by atoms with E-state index < -0.39 is 11.1 Å². The highest BCUT2D eigenvalue weighted by atomic mass is 16.5. The molecule has 0 saturated carbocycles. The van der Waals surface area contributed by atoms with Crippen LogP contribution in [0.2, 0.25) is 0 Å². The number of rotatable bonds is 4. The molecular weight excluding hydrogens is 202 g/mol. The Kier molecular flexibility index (Phi) is 3.78. The monoisotopic (exact) mass is 213 g/mol. The Morgan fingerprint density at radius 3 is 3.00 bits per heavy atom. The van der Waals surface area contributed by atoms with Crippen molar-refractivity contribution in [2.45, 2.75) is 19.9 Å². The van der Waals surface area contributed by atoms with Gasteiger partial charge in [-0.05, 0) is 0 Å². The van der Waals surface area contributed by atoms with Crippen LogP contribution in [0.4, 0.5) is 0 Å². The van der Waals surface area contributed by atoms with Crippen molar-refractivity contribution in [2.24, 2.45) is 0 Å². The molecule has 0 spiro atoms. The topological polar surface area (TPSA) is 94.1 Å². The number of esters is 1. The van der Waals surface area contributed by atoms with Crippen LogP contribution in [0, 0.1) is 0 Å². The molecule has 0 amide bonds. The largest absolute Gasteiger partial charge is 0.464 e. The fourth-order valence-corrected chi connectivity index (χ4v) is 0.907. The van der Waals surface area contributed by atoms with E-state index >= 15 is 0 Å². The number of ether oxygens (including phenoxy) is 1. The highest BCUT2D eigenvalue weighted by Crippen LogP contribution is 1.85. The molecule has 0 aliphatic heterocycles. The third-order valence-electron chi connectivity index (χ3n) is 1.70. The number of hydrogen-bond acceptors (Lipinski definition) is 5. The first-order chi connectivity index (χ1) is 7.15. The van der Waals surface area contributed by atoms with Crippen LogP contribution in [0.1, 0.15) is 13.3 Å². The summed E-state index contributed by atoms with van der Waals surface area (Å²) < 4.78 is 5.84. The lowest BCUT2D eigenvalue weighted by Crippen LogP contribution is -2.37. The van der Waals surface area contributed by atoms with Crippen molar-refractivity contribution in [2.75, 3.05) is 6.61 Å². The maximum absolute atomic E-state index is 11.2. The maximum atomic E-state index is 11.2. The molecule has 82 valence electrons. The van der Waals surface area contributed by atoms with Crippen LogP contribution in [-0.4, -0.2) is 27.3 Å². The van der Waals surface area contributed by atoms with Crippen LogP contribution >= 0.6 is 0 Å². The lowest BCUT2D eigenvalue weighted by Gasteiger charge is -2.04. The summed E-state index contributed by atoms with van der Waals surface area (Å²) in [6.45, 7) is 1.85. The van der Waals surface area contributed by atoms with E-state index in [2.05, 4.69) is 5.10 Å². The molecule has 0 saturated heterocycles. The van der Waals surface area contributed by atoms with Gasteiger partial charge in [-0.3, -0.25) is 19.0 Å². The van der Waals surface area contributed by atoms with Crippen LogP contribution < -0.4 is 11.1 Å². The Balaban J connectivity index is 2.59. The number of carbonyl (C=O) groups is 1. The average Bonchev–Trinajstić information content (AvgIpc) is 2.24. The predicted octanol–water partition coefficient (Wildman–Crippen LogP) is -1.12. The molecule has 7 heteroatoms. The Labute approximate surface area is 84.7 Å². The zero-order valence-corrected chi connectivity index (χ0v) is 8.23. The molecule has 0 atom stereocenters. The summed E-state index contributed by atoms with van der Waals surface area (Å²) in [5.41, 5.74) is -1.50. The minimum absolute atomic E-state index is 0.0533. The molecule has 1 aromatic heterocycles. The first kappa shape index (κ1) is 11.2. The van der Waals surface area contributed by atoms with Crippen LogP contribution in [0.5, 0.6) is 0 Å². The predicted molar refractivity (Wildman–Crippen MR) is 50.4 cm³/mol. The zero-order valence-electron chi connectivity index (χ0n) is 8.23. The van der Waals surface area contributed by atoms with Gasteiger partial charge < -0.3 is 4.74 Å². The van der Waals surface area contributed by atoms with Crippen molar-refractivity contribution < 1.29 is 9.53 Å². The second-order valence-electron chi connectivity index (χ2n) is 2.76. The Morgan fingerprint density at radius 1 is 1.60 bits per heavy atom. The van der Waals surface area contributed by atoms with Gasteiger partial charge in [-0.15, -0.1) is 0 Å². The van der Waals surface area contributed by atoms with Crippen LogP contribution in [0.25, 0.3) is 0 Å². The number of nitrogens with one attached hydrogen (secondary N) is 1. The van der Waals surface area contributed by atoms with E-state index in [-0.39, 0.29) is 25.5 Å². The summed E-state index contributed by atoms with van der Waals surface area (Å²) in [4.78, 5) is 32.7. The normalized spacial score (nSPS) is 9.93. The molecule has 1 rings (SSSR count). The fourth-order valence-electron chi connectivity index (χ4n) is 0.907. The van der Waals surface area contributed by atoms with Crippen LogP contribution in [0.3, 0.4) is 0 Å². The highest BCUT2D eigenvalue weighted by Gasteiger charge is 2.02. The zero-order chi connectivity index (χ0) is 11.3. The van der Waals surface area contributed by atoms with Gasteiger partial charge in [-0.25, -0.2) is 5.10 Å². The van der Waals surface area contributed by atoms with E-state index in [9.17, 15) is 14.4 Å². The molecule has 1 aromatic rings. The molecule has 0 aromatic carbocycles. The lowest BCUT2D eigenvalue weighted by atomic mass is 10.5. The minimum atomic E-state index is -0.792. The molecule has 0 bridgehead atoms. The Bertz CT molecular complexity index is 448. The van der Waals surface area contributed by atoms with Crippen molar-refractivity contribution in [3.8, 4) is 0 Å². The van der Waals surface area contributed by atoms with Crippen molar-refractivity contribution >= 4 is 5.97 Å². The summed E-state index contributed by atoms with van der Waals surface area (Å²) in [7, 11) is 0. The summed E-state index contributed by atoms with van der Waals surface area (Å²) in [6, 6.07) is 0. The first-order valence-corrected chi connectivity index (χ1v) is 4.45. The van der Waals surface area contributed by atoms with E-state index in [1.807, 2.05) is 5.10 Å². The van der Waals surface area contributed by atoms with Crippen molar-refractivity contribution in [1.82, 2.24) is 14.8 Å². The maximum Gasteiger partial charge on any atom is 0.330 e. The summed E-state index contributed by atoms with van der Waals surface area (Å²) in [5, 5.41) is 5.45. The first-order valence-electron chi connectivity index (χ1n) is 4.45. The van der Waals surface area contributed by atoms with E-state index in [0.717, 1.165) is 4.57 Å². The SMILES string of the molecule is CCC(=O)OCCn1cn[nH]c(=O)c1=O. The third kappa shape index (κ3) is 3.04. The lowest BCUT2D eigenvalue weighted by molar-refractivity contribution is -0.143. The van der Waals surface area contributed by atoms with Gasteiger partial charge in [0.05, 0.1) is 6.54 Å². The molecule has 7 nitrogen and oxygen atoms in total. The molecule has 15 heavy (non-hydrogen) atoms. The van der Waals surface area contributed by atoms with Crippen molar-refractivity contribution in [3.63, 3.8) is 0 Å². The molecule has 0 aliphatic carbocycles. The second kappa shape index (κ2) is 5.08.